The smallest absolute Gasteiger partial charge is 0.255 e. The van der Waals surface area contributed by atoms with Crippen molar-refractivity contribution in [2.24, 2.45) is 0 Å². The van der Waals surface area contributed by atoms with E-state index in [-0.39, 0.29) is 16.5 Å². The fourth-order valence-electron chi connectivity index (χ4n) is 2.86. The number of piperazine rings is 1. The number of nitrogens with zero attached hydrogens (tertiary/aromatic N) is 3. The quantitative estimate of drug-likeness (QED) is 0.795. The number of rotatable bonds is 2. The molecule has 3 rings (SSSR count). The summed E-state index contributed by atoms with van der Waals surface area (Å²) < 4.78 is 13.3. The van der Waals surface area contributed by atoms with E-state index in [0.717, 1.165) is 0 Å². The van der Waals surface area contributed by atoms with Crippen LogP contribution in [-0.4, -0.2) is 37.0 Å². The maximum atomic E-state index is 13.3. The molecule has 25 heavy (non-hydrogen) atoms. The van der Waals surface area contributed by atoms with Crippen molar-refractivity contribution in [1.29, 1.82) is 5.26 Å². The van der Waals surface area contributed by atoms with Crippen molar-refractivity contribution in [3.05, 3.63) is 63.4 Å². The van der Waals surface area contributed by atoms with Gasteiger partial charge in [0.15, 0.2) is 0 Å². The van der Waals surface area contributed by atoms with Crippen LogP contribution in [0.15, 0.2) is 36.4 Å². The van der Waals surface area contributed by atoms with Crippen LogP contribution in [0.25, 0.3) is 0 Å². The van der Waals surface area contributed by atoms with Crippen LogP contribution < -0.4 is 4.90 Å². The van der Waals surface area contributed by atoms with Gasteiger partial charge < -0.3 is 9.80 Å². The SMILES string of the molecule is N#Cc1cc(F)ccc1N1CCN(C(=O)c2cccc(Cl)c2Cl)CC1. The van der Waals surface area contributed by atoms with Crippen molar-refractivity contribution in [3.8, 4) is 6.07 Å². The zero-order valence-electron chi connectivity index (χ0n) is 13.2. The van der Waals surface area contributed by atoms with Gasteiger partial charge in [-0.25, -0.2) is 4.39 Å². The lowest BCUT2D eigenvalue weighted by atomic mass is 10.1. The van der Waals surface area contributed by atoms with Crippen molar-refractivity contribution in [3.63, 3.8) is 0 Å². The number of anilines is 1. The maximum Gasteiger partial charge on any atom is 0.255 e. The molecule has 128 valence electrons. The monoisotopic (exact) mass is 377 g/mol. The average molecular weight is 378 g/mol. The summed E-state index contributed by atoms with van der Waals surface area (Å²) in [7, 11) is 0. The highest BCUT2D eigenvalue weighted by Crippen LogP contribution is 2.27. The van der Waals surface area contributed by atoms with Gasteiger partial charge in [0, 0.05) is 26.2 Å². The average Bonchev–Trinajstić information content (AvgIpc) is 2.63. The third kappa shape index (κ3) is 3.55. The first-order chi connectivity index (χ1) is 12.0. The van der Waals surface area contributed by atoms with E-state index in [2.05, 4.69) is 0 Å². The van der Waals surface area contributed by atoms with Crippen molar-refractivity contribution in [1.82, 2.24) is 4.90 Å². The van der Waals surface area contributed by atoms with E-state index in [4.69, 9.17) is 23.2 Å². The van der Waals surface area contributed by atoms with Crippen LogP contribution in [-0.2, 0) is 0 Å². The van der Waals surface area contributed by atoms with Crippen LogP contribution in [0.3, 0.4) is 0 Å². The highest BCUT2D eigenvalue weighted by atomic mass is 35.5. The van der Waals surface area contributed by atoms with E-state index in [0.29, 0.717) is 42.5 Å². The Morgan fingerprint density at radius 1 is 1.12 bits per heavy atom. The summed E-state index contributed by atoms with van der Waals surface area (Å²) in [6.07, 6.45) is 0. The number of amides is 1. The van der Waals surface area contributed by atoms with E-state index in [1.165, 1.54) is 12.1 Å². The van der Waals surface area contributed by atoms with Crippen molar-refractivity contribution < 1.29 is 9.18 Å². The van der Waals surface area contributed by atoms with Gasteiger partial charge in [-0.2, -0.15) is 5.26 Å². The minimum absolute atomic E-state index is 0.174. The molecule has 0 atom stereocenters. The van der Waals surface area contributed by atoms with Gasteiger partial charge in [0.2, 0.25) is 0 Å². The van der Waals surface area contributed by atoms with Crippen LogP contribution in [0.5, 0.6) is 0 Å². The van der Waals surface area contributed by atoms with Crippen LogP contribution in [0.2, 0.25) is 10.0 Å². The molecule has 0 spiro atoms. The largest absolute Gasteiger partial charge is 0.367 e. The predicted octanol–water partition coefficient (Wildman–Crippen LogP) is 3.97. The van der Waals surface area contributed by atoms with Gasteiger partial charge in [0.05, 0.1) is 26.9 Å². The Balaban J connectivity index is 1.73. The number of hydrogen-bond donors (Lipinski definition) is 0. The molecule has 1 aliphatic heterocycles. The number of carbonyl (C=O) groups excluding carboxylic acids is 1. The number of halogens is 3. The highest BCUT2D eigenvalue weighted by molar-refractivity contribution is 6.43. The molecule has 0 radical (unpaired) electrons. The van der Waals surface area contributed by atoms with E-state index in [1.807, 2.05) is 11.0 Å². The standard InChI is InChI=1S/C18H14Cl2FN3O/c19-15-3-1-2-14(17(15)20)18(25)24-8-6-23(7-9-24)16-5-4-13(21)10-12(16)11-22/h1-5,10H,6-9H2. The second-order valence-electron chi connectivity index (χ2n) is 5.65. The minimum Gasteiger partial charge on any atom is -0.367 e. The van der Waals surface area contributed by atoms with Gasteiger partial charge in [-0.3, -0.25) is 4.79 Å². The Bertz CT molecular complexity index is 858. The fourth-order valence-corrected chi connectivity index (χ4v) is 3.24. The molecule has 0 aromatic heterocycles. The van der Waals surface area contributed by atoms with E-state index >= 15 is 0 Å². The van der Waals surface area contributed by atoms with Crippen molar-refractivity contribution >= 4 is 34.8 Å². The molecule has 2 aromatic carbocycles. The Kier molecular flexibility index (Phi) is 5.12. The molecule has 1 heterocycles. The molecule has 0 bridgehead atoms. The van der Waals surface area contributed by atoms with Gasteiger partial charge in [-0.05, 0) is 30.3 Å². The lowest BCUT2D eigenvalue weighted by molar-refractivity contribution is 0.0747. The minimum atomic E-state index is -0.440. The number of carbonyl (C=O) groups is 1. The molecule has 1 amide bonds. The highest BCUT2D eigenvalue weighted by Gasteiger charge is 2.25. The van der Waals surface area contributed by atoms with Crippen LogP contribution >= 0.6 is 23.2 Å². The van der Waals surface area contributed by atoms with Crippen molar-refractivity contribution in [2.75, 3.05) is 31.1 Å². The maximum absolute atomic E-state index is 13.3. The molecule has 0 N–H and O–H groups in total. The summed E-state index contributed by atoms with van der Waals surface area (Å²) in [5, 5.41) is 9.78. The molecule has 1 fully saturated rings. The van der Waals surface area contributed by atoms with E-state index in [1.54, 1.807) is 29.2 Å². The molecule has 1 aliphatic rings. The Morgan fingerprint density at radius 3 is 2.52 bits per heavy atom. The lowest BCUT2D eigenvalue weighted by Gasteiger charge is -2.36. The molecular formula is C18H14Cl2FN3O. The summed E-state index contributed by atoms with van der Waals surface area (Å²) in [5.41, 5.74) is 1.34. The third-order valence-electron chi connectivity index (χ3n) is 4.17. The molecule has 0 unspecified atom stereocenters. The Morgan fingerprint density at radius 2 is 1.84 bits per heavy atom. The predicted molar refractivity (Wildman–Crippen MR) is 95.7 cm³/mol. The zero-order valence-corrected chi connectivity index (χ0v) is 14.7. The van der Waals surface area contributed by atoms with Crippen LogP contribution in [0, 0.1) is 17.1 Å². The number of hydrogen-bond acceptors (Lipinski definition) is 3. The summed E-state index contributed by atoms with van der Waals surface area (Å²) in [6.45, 7) is 2.04. The Labute approximate surface area is 155 Å². The topological polar surface area (TPSA) is 47.3 Å². The molecular weight excluding hydrogens is 364 g/mol. The summed E-state index contributed by atoms with van der Waals surface area (Å²) >= 11 is 12.1. The van der Waals surface area contributed by atoms with E-state index < -0.39 is 5.82 Å². The van der Waals surface area contributed by atoms with Crippen LogP contribution in [0.1, 0.15) is 15.9 Å². The summed E-state index contributed by atoms with van der Waals surface area (Å²) in [4.78, 5) is 16.3. The first kappa shape index (κ1) is 17.5. The fraction of sp³-hybridized carbons (Fsp3) is 0.222. The first-order valence-corrected chi connectivity index (χ1v) is 8.44. The number of nitriles is 1. The molecule has 1 saturated heterocycles. The zero-order chi connectivity index (χ0) is 18.0. The van der Waals surface area contributed by atoms with Gasteiger partial charge >= 0.3 is 0 Å². The second kappa shape index (κ2) is 7.30. The molecule has 0 saturated carbocycles. The van der Waals surface area contributed by atoms with Gasteiger partial charge in [-0.15, -0.1) is 0 Å². The summed E-state index contributed by atoms with van der Waals surface area (Å²) in [5.74, 6) is -0.614. The molecule has 0 aliphatic carbocycles. The molecule has 2 aromatic rings. The normalized spacial score (nSPS) is 14.3. The van der Waals surface area contributed by atoms with Gasteiger partial charge in [-0.1, -0.05) is 29.3 Å². The third-order valence-corrected chi connectivity index (χ3v) is 4.99. The van der Waals surface area contributed by atoms with Crippen LogP contribution in [0.4, 0.5) is 10.1 Å². The second-order valence-corrected chi connectivity index (χ2v) is 6.44. The Hall–Kier alpha value is -2.29. The van der Waals surface area contributed by atoms with Gasteiger partial charge in [0.25, 0.3) is 5.91 Å². The molecule has 7 heteroatoms. The first-order valence-electron chi connectivity index (χ1n) is 7.69. The molecule has 4 nitrogen and oxygen atoms in total. The van der Waals surface area contributed by atoms with Crippen molar-refractivity contribution in [2.45, 2.75) is 0 Å². The van der Waals surface area contributed by atoms with E-state index in [9.17, 15) is 14.4 Å². The lowest BCUT2D eigenvalue weighted by Crippen LogP contribution is -2.49. The summed E-state index contributed by atoms with van der Waals surface area (Å²) in [6, 6.07) is 11.1. The van der Waals surface area contributed by atoms with Gasteiger partial charge in [0.1, 0.15) is 11.9 Å². The number of benzene rings is 2.